The van der Waals surface area contributed by atoms with Crippen molar-refractivity contribution in [1.82, 2.24) is 15.8 Å². The summed E-state index contributed by atoms with van der Waals surface area (Å²) in [5, 5.41) is 0. The molecule has 0 radical (unpaired) electrons. The number of likely N-dealkylation sites (tertiary alicyclic amines) is 1. The summed E-state index contributed by atoms with van der Waals surface area (Å²) in [5.41, 5.74) is 18.2. The van der Waals surface area contributed by atoms with Gasteiger partial charge in [0.15, 0.2) is 0 Å². The maximum Gasteiger partial charge on any atom is 0.209 e. The Morgan fingerprint density at radius 2 is 2.00 bits per heavy atom. The Morgan fingerprint density at radius 1 is 1.26 bits per heavy atom. The molecule has 0 saturated carbocycles. The molecule has 3 heterocycles. The second kappa shape index (κ2) is 5.33. The van der Waals surface area contributed by atoms with E-state index in [1.807, 2.05) is 0 Å². The third-order valence-corrected chi connectivity index (χ3v) is 4.93. The fraction of sp³-hybridized carbons (Fsp3) is 0.533. The number of aliphatic imine (C=N–C) groups is 1. The number of rotatable bonds is 3. The van der Waals surface area contributed by atoms with Gasteiger partial charge in [-0.1, -0.05) is 6.07 Å². The second-order valence-electron chi connectivity index (χ2n) is 6.48. The number of hydrogen-bond donors (Lipinski definition) is 4. The van der Waals surface area contributed by atoms with Gasteiger partial charge in [0, 0.05) is 24.7 Å². The topological polar surface area (TPSA) is 94.9 Å². The van der Waals surface area contributed by atoms with E-state index in [9.17, 15) is 4.39 Å². The molecule has 7 nitrogen and oxygen atoms in total. The summed E-state index contributed by atoms with van der Waals surface area (Å²) in [4.78, 5) is 8.64. The van der Waals surface area contributed by atoms with Gasteiger partial charge in [-0.15, -0.1) is 0 Å². The Labute approximate surface area is 134 Å². The lowest BCUT2D eigenvalue weighted by Gasteiger charge is -2.45. The Hall–Kier alpha value is -1.90. The number of nitrogens with zero attached hydrogens (tertiary/aromatic N) is 3. The summed E-state index contributed by atoms with van der Waals surface area (Å²) in [6.45, 7) is 4.12. The van der Waals surface area contributed by atoms with E-state index in [0.29, 0.717) is 17.3 Å². The Bertz CT molecular complexity index is 637. The number of nitrogens with two attached hydrogens (primary N) is 2. The zero-order chi connectivity index (χ0) is 16.0. The summed E-state index contributed by atoms with van der Waals surface area (Å²) < 4.78 is 14.5. The van der Waals surface area contributed by atoms with Gasteiger partial charge in [0.05, 0.1) is 5.69 Å². The smallest absolute Gasteiger partial charge is 0.209 e. The average Bonchev–Trinajstić information content (AvgIpc) is 3.10. The second-order valence-corrected chi connectivity index (χ2v) is 6.48. The van der Waals surface area contributed by atoms with Crippen molar-refractivity contribution in [3.05, 3.63) is 29.6 Å². The minimum absolute atomic E-state index is 0.188. The van der Waals surface area contributed by atoms with Crippen LogP contribution in [-0.2, 0) is 5.79 Å². The van der Waals surface area contributed by atoms with Crippen molar-refractivity contribution in [2.75, 3.05) is 31.1 Å². The van der Waals surface area contributed by atoms with Crippen molar-refractivity contribution in [3.8, 4) is 0 Å². The van der Waals surface area contributed by atoms with Gasteiger partial charge in [-0.3, -0.25) is 16.1 Å². The van der Waals surface area contributed by atoms with Crippen LogP contribution in [0.4, 0.5) is 10.1 Å². The van der Waals surface area contributed by atoms with Crippen LogP contribution in [0.5, 0.6) is 0 Å². The summed E-state index contributed by atoms with van der Waals surface area (Å²) in [7, 11) is 0. The van der Waals surface area contributed by atoms with Gasteiger partial charge in [0.25, 0.3) is 0 Å². The molecule has 2 fully saturated rings. The molecule has 3 aliphatic heterocycles. The molecule has 0 spiro atoms. The molecule has 1 atom stereocenters. The Kier molecular flexibility index (Phi) is 3.40. The minimum atomic E-state index is -1.23. The number of hydrogen-bond acceptors (Lipinski definition) is 7. The van der Waals surface area contributed by atoms with Gasteiger partial charge in [-0.05, 0) is 38.1 Å². The lowest BCUT2D eigenvalue weighted by atomic mass is 10.0. The van der Waals surface area contributed by atoms with Crippen LogP contribution in [0.2, 0.25) is 0 Å². The average molecular weight is 319 g/mol. The molecule has 6 N–H and O–H groups in total. The number of anilines is 1. The molecule has 4 rings (SSSR count). The maximum atomic E-state index is 14.5. The molecule has 0 aromatic heterocycles. The van der Waals surface area contributed by atoms with Gasteiger partial charge in [-0.2, -0.15) is 5.43 Å². The number of halogens is 1. The van der Waals surface area contributed by atoms with E-state index in [1.165, 1.54) is 32.0 Å². The SMILES string of the molecule is NC1=NC(N)(c2ccc(N3CC(N4CCCC4)C3)c(F)c2)NN1. The fourth-order valence-corrected chi connectivity index (χ4v) is 3.53. The molecular weight excluding hydrogens is 297 g/mol. The number of nitrogens with one attached hydrogen (secondary N) is 2. The maximum absolute atomic E-state index is 14.5. The third kappa shape index (κ3) is 2.52. The van der Waals surface area contributed by atoms with Crippen molar-refractivity contribution in [2.45, 2.75) is 24.7 Å². The lowest BCUT2D eigenvalue weighted by molar-refractivity contribution is 0.204. The molecule has 3 aliphatic rings. The number of hydrazine groups is 1. The third-order valence-electron chi connectivity index (χ3n) is 4.93. The first-order valence-corrected chi connectivity index (χ1v) is 8.01. The predicted molar refractivity (Wildman–Crippen MR) is 87.0 cm³/mol. The summed E-state index contributed by atoms with van der Waals surface area (Å²) in [6.07, 6.45) is 2.56. The zero-order valence-electron chi connectivity index (χ0n) is 12.9. The highest BCUT2D eigenvalue weighted by molar-refractivity contribution is 5.79. The van der Waals surface area contributed by atoms with Crippen LogP contribution < -0.4 is 27.2 Å². The van der Waals surface area contributed by atoms with Crippen LogP contribution in [0.1, 0.15) is 18.4 Å². The molecule has 0 aliphatic carbocycles. The van der Waals surface area contributed by atoms with Crippen LogP contribution >= 0.6 is 0 Å². The normalized spacial score (nSPS) is 28.6. The first-order valence-electron chi connectivity index (χ1n) is 8.01. The van der Waals surface area contributed by atoms with Crippen molar-refractivity contribution in [2.24, 2.45) is 16.5 Å². The highest BCUT2D eigenvalue weighted by Gasteiger charge is 2.36. The van der Waals surface area contributed by atoms with Crippen molar-refractivity contribution in [1.29, 1.82) is 0 Å². The van der Waals surface area contributed by atoms with E-state index in [4.69, 9.17) is 11.5 Å². The standard InChI is InChI=1S/C15H22FN7/c16-12-7-10(15(18)19-14(17)20-21-15)3-4-13(12)23-8-11(9-23)22-5-1-2-6-22/h3-4,7,11,21H,1-2,5-6,8-9,18H2,(H3,17,19,20). The van der Waals surface area contributed by atoms with Crippen molar-refractivity contribution in [3.63, 3.8) is 0 Å². The van der Waals surface area contributed by atoms with Crippen LogP contribution in [0.15, 0.2) is 23.2 Å². The largest absolute Gasteiger partial charge is 0.369 e. The van der Waals surface area contributed by atoms with Crippen LogP contribution in [-0.4, -0.2) is 43.1 Å². The fourth-order valence-electron chi connectivity index (χ4n) is 3.53. The van der Waals surface area contributed by atoms with Crippen LogP contribution in [0.3, 0.4) is 0 Å². The Morgan fingerprint density at radius 3 is 2.61 bits per heavy atom. The quantitative estimate of drug-likeness (QED) is 0.606. The van der Waals surface area contributed by atoms with Gasteiger partial charge in [0.1, 0.15) is 5.82 Å². The van der Waals surface area contributed by atoms with E-state index >= 15 is 0 Å². The van der Waals surface area contributed by atoms with Crippen molar-refractivity contribution >= 4 is 11.6 Å². The molecule has 1 aromatic rings. The van der Waals surface area contributed by atoms with E-state index in [1.54, 1.807) is 12.1 Å². The van der Waals surface area contributed by atoms with E-state index < -0.39 is 5.79 Å². The number of benzene rings is 1. The monoisotopic (exact) mass is 319 g/mol. The summed E-state index contributed by atoms with van der Waals surface area (Å²) in [5.74, 6) is -1.32. The number of guanidine groups is 1. The molecule has 0 bridgehead atoms. The zero-order valence-corrected chi connectivity index (χ0v) is 12.9. The summed E-state index contributed by atoms with van der Waals surface area (Å²) in [6, 6.07) is 5.54. The molecule has 2 saturated heterocycles. The highest BCUT2D eigenvalue weighted by Crippen LogP contribution is 2.30. The van der Waals surface area contributed by atoms with E-state index in [0.717, 1.165) is 13.1 Å². The molecule has 1 aromatic carbocycles. The first-order chi connectivity index (χ1) is 11.0. The van der Waals surface area contributed by atoms with Crippen LogP contribution in [0.25, 0.3) is 0 Å². The van der Waals surface area contributed by atoms with Gasteiger partial charge in [0.2, 0.25) is 11.7 Å². The Balaban J connectivity index is 1.47. The first kappa shape index (κ1) is 14.7. The predicted octanol–water partition coefficient (Wildman–Crippen LogP) is -0.398. The van der Waals surface area contributed by atoms with Crippen LogP contribution in [0, 0.1) is 5.82 Å². The van der Waals surface area contributed by atoms with E-state index in [-0.39, 0.29) is 11.8 Å². The molecule has 8 heteroatoms. The van der Waals surface area contributed by atoms with Gasteiger partial charge in [-0.25, -0.2) is 9.38 Å². The molecule has 1 unspecified atom stereocenters. The molecule has 0 amide bonds. The van der Waals surface area contributed by atoms with E-state index in [2.05, 4.69) is 25.6 Å². The minimum Gasteiger partial charge on any atom is -0.369 e. The summed E-state index contributed by atoms with van der Waals surface area (Å²) >= 11 is 0. The molecular formula is C15H22FN7. The molecule has 124 valence electrons. The van der Waals surface area contributed by atoms with Gasteiger partial charge >= 0.3 is 0 Å². The van der Waals surface area contributed by atoms with Crippen molar-refractivity contribution < 1.29 is 4.39 Å². The van der Waals surface area contributed by atoms with Gasteiger partial charge < -0.3 is 10.6 Å². The highest BCUT2D eigenvalue weighted by atomic mass is 19.1. The lowest BCUT2D eigenvalue weighted by Crippen LogP contribution is -2.59. The molecule has 23 heavy (non-hydrogen) atoms.